The summed E-state index contributed by atoms with van der Waals surface area (Å²) < 4.78 is 21.4. The molecule has 2 aromatic carbocycles. The van der Waals surface area contributed by atoms with Crippen molar-refractivity contribution in [2.24, 2.45) is 0 Å². The quantitative estimate of drug-likeness (QED) is 0.562. The van der Waals surface area contributed by atoms with Gasteiger partial charge in [0.1, 0.15) is 17.2 Å². The number of ether oxygens (including phenoxy) is 3. The molecular weight excluding hydrogens is 398 g/mol. The molecule has 31 heavy (non-hydrogen) atoms. The molecule has 0 saturated heterocycles. The second kappa shape index (κ2) is 9.99. The molecule has 0 radical (unpaired) electrons. The van der Waals surface area contributed by atoms with Crippen molar-refractivity contribution in [1.82, 2.24) is 15.4 Å². The Labute approximate surface area is 181 Å². The first-order chi connectivity index (χ1) is 15.0. The monoisotopic (exact) mass is 425 g/mol. The molecule has 3 aromatic rings. The van der Waals surface area contributed by atoms with Crippen molar-refractivity contribution in [2.75, 3.05) is 42.0 Å². The highest BCUT2D eigenvalue weighted by Crippen LogP contribution is 2.33. The van der Waals surface area contributed by atoms with Crippen molar-refractivity contribution >= 4 is 5.91 Å². The number of hydrogen-bond donors (Lipinski definition) is 1. The van der Waals surface area contributed by atoms with Crippen LogP contribution in [0.2, 0.25) is 0 Å². The maximum atomic E-state index is 12.7. The Morgan fingerprint density at radius 3 is 2.45 bits per heavy atom. The SMILES string of the molecule is COc1cccc([C@@H](CNC(=O)c2cc(-c3cc(OC)ccc3OC)on2)N(C)C)c1. The fourth-order valence-corrected chi connectivity index (χ4v) is 3.24. The molecule has 0 spiro atoms. The van der Waals surface area contributed by atoms with E-state index >= 15 is 0 Å². The van der Waals surface area contributed by atoms with Gasteiger partial charge in [-0.3, -0.25) is 4.79 Å². The summed E-state index contributed by atoms with van der Waals surface area (Å²) in [6.07, 6.45) is 0. The van der Waals surface area contributed by atoms with E-state index in [9.17, 15) is 4.79 Å². The van der Waals surface area contributed by atoms with Crippen molar-refractivity contribution < 1.29 is 23.5 Å². The van der Waals surface area contributed by atoms with Gasteiger partial charge < -0.3 is 29.0 Å². The molecule has 0 fully saturated rings. The third-order valence-corrected chi connectivity index (χ3v) is 4.97. The van der Waals surface area contributed by atoms with Crippen molar-refractivity contribution in [1.29, 1.82) is 0 Å². The van der Waals surface area contributed by atoms with E-state index in [1.807, 2.05) is 43.3 Å². The van der Waals surface area contributed by atoms with Gasteiger partial charge in [0.2, 0.25) is 0 Å². The van der Waals surface area contributed by atoms with Crippen LogP contribution in [0.25, 0.3) is 11.3 Å². The second-order valence-corrected chi connectivity index (χ2v) is 7.11. The molecule has 3 rings (SSSR count). The molecule has 0 unspecified atom stereocenters. The number of benzene rings is 2. The predicted octanol–water partition coefficient (Wildman–Crippen LogP) is 3.40. The highest BCUT2D eigenvalue weighted by molar-refractivity contribution is 5.93. The van der Waals surface area contributed by atoms with Gasteiger partial charge in [-0.15, -0.1) is 0 Å². The predicted molar refractivity (Wildman–Crippen MR) is 117 cm³/mol. The molecule has 1 heterocycles. The van der Waals surface area contributed by atoms with Crippen molar-refractivity contribution in [2.45, 2.75) is 6.04 Å². The molecule has 1 N–H and O–H groups in total. The molecular formula is C23H27N3O5. The average Bonchev–Trinajstić information content (AvgIpc) is 3.29. The summed E-state index contributed by atoms with van der Waals surface area (Å²) in [5.74, 6) is 2.09. The molecule has 0 aliphatic carbocycles. The minimum atomic E-state index is -0.327. The molecule has 0 bridgehead atoms. The van der Waals surface area contributed by atoms with Crippen LogP contribution in [-0.4, -0.2) is 57.9 Å². The van der Waals surface area contributed by atoms with E-state index in [1.54, 1.807) is 45.6 Å². The zero-order valence-corrected chi connectivity index (χ0v) is 18.3. The van der Waals surface area contributed by atoms with Crippen LogP contribution in [0.1, 0.15) is 22.1 Å². The first kappa shape index (κ1) is 22.2. The van der Waals surface area contributed by atoms with E-state index in [2.05, 4.69) is 10.5 Å². The summed E-state index contributed by atoms with van der Waals surface area (Å²) in [6.45, 7) is 0.393. The van der Waals surface area contributed by atoms with Crippen molar-refractivity contribution in [3.63, 3.8) is 0 Å². The summed E-state index contributed by atoms with van der Waals surface area (Å²) >= 11 is 0. The lowest BCUT2D eigenvalue weighted by molar-refractivity contribution is 0.0933. The van der Waals surface area contributed by atoms with E-state index in [0.717, 1.165) is 11.3 Å². The average molecular weight is 425 g/mol. The molecule has 1 aromatic heterocycles. The van der Waals surface area contributed by atoms with Gasteiger partial charge in [0.25, 0.3) is 5.91 Å². The summed E-state index contributed by atoms with van der Waals surface area (Å²) in [6, 6.07) is 14.6. The number of rotatable bonds is 9. The summed E-state index contributed by atoms with van der Waals surface area (Å²) in [4.78, 5) is 14.7. The van der Waals surface area contributed by atoms with Gasteiger partial charge in [-0.2, -0.15) is 0 Å². The van der Waals surface area contributed by atoms with Gasteiger partial charge in [0.15, 0.2) is 11.5 Å². The maximum Gasteiger partial charge on any atom is 0.273 e. The van der Waals surface area contributed by atoms with Crippen LogP contribution >= 0.6 is 0 Å². The number of methoxy groups -OCH3 is 3. The Hall–Kier alpha value is -3.52. The first-order valence-corrected chi connectivity index (χ1v) is 9.74. The minimum Gasteiger partial charge on any atom is -0.497 e. The van der Waals surface area contributed by atoms with Gasteiger partial charge in [0, 0.05) is 12.6 Å². The number of nitrogens with one attached hydrogen (secondary N) is 1. The molecule has 1 amide bonds. The van der Waals surface area contributed by atoms with Gasteiger partial charge in [-0.1, -0.05) is 17.3 Å². The van der Waals surface area contributed by atoms with Crippen LogP contribution in [0.15, 0.2) is 53.1 Å². The lowest BCUT2D eigenvalue weighted by atomic mass is 10.1. The van der Waals surface area contributed by atoms with Gasteiger partial charge >= 0.3 is 0 Å². The second-order valence-electron chi connectivity index (χ2n) is 7.11. The number of hydrogen-bond acceptors (Lipinski definition) is 7. The maximum absolute atomic E-state index is 12.7. The van der Waals surface area contributed by atoms with Crippen LogP contribution in [-0.2, 0) is 0 Å². The third kappa shape index (κ3) is 5.16. The van der Waals surface area contributed by atoms with E-state index in [0.29, 0.717) is 29.4 Å². The highest BCUT2D eigenvalue weighted by Gasteiger charge is 2.20. The number of amides is 1. The normalized spacial score (nSPS) is 11.8. The summed E-state index contributed by atoms with van der Waals surface area (Å²) in [7, 11) is 8.69. The Kier molecular flexibility index (Phi) is 7.15. The zero-order chi connectivity index (χ0) is 22.4. The highest BCUT2D eigenvalue weighted by atomic mass is 16.5. The standard InChI is InChI=1S/C23H27N3O5/c1-26(2)20(15-7-6-8-16(11-15)28-3)14-24-23(27)19-13-22(31-25-19)18-12-17(29-4)9-10-21(18)30-5/h6-13,20H,14H2,1-5H3,(H,24,27)/t20-/m1/s1. The van der Waals surface area contributed by atoms with Crippen LogP contribution in [0, 0.1) is 0 Å². The van der Waals surface area contributed by atoms with Crippen molar-refractivity contribution in [3.8, 4) is 28.6 Å². The summed E-state index contributed by atoms with van der Waals surface area (Å²) in [5, 5.41) is 6.86. The van der Waals surface area contributed by atoms with Crippen LogP contribution < -0.4 is 19.5 Å². The van der Waals surface area contributed by atoms with Crippen LogP contribution in [0.5, 0.6) is 17.2 Å². The molecule has 0 saturated carbocycles. The van der Waals surface area contributed by atoms with E-state index in [4.69, 9.17) is 18.7 Å². The van der Waals surface area contributed by atoms with E-state index in [-0.39, 0.29) is 17.6 Å². The summed E-state index contributed by atoms with van der Waals surface area (Å²) in [5.41, 5.74) is 1.87. The zero-order valence-electron chi connectivity index (χ0n) is 18.3. The third-order valence-electron chi connectivity index (χ3n) is 4.97. The Bertz CT molecular complexity index is 1030. The Morgan fingerprint density at radius 1 is 1.03 bits per heavy atom. The van der Waals surface area contributed by atoms with E-state index in [1.165, 1.54) is 0 Å². The molecule has 0 aliphatic rings. The van der Waals surface area contributed by atoms with Gasteiger partial charge in [0.05, 0.1) is 32.9 Å². The number of nitrogens with zero attached hydrogens (tertiary/aromatic N) is 2. The Morgan fingerprint density at radius 2 is 1.77 bits per heavy atom. The lowest BCUT2D eigenvalue weighted by Gasteiger charge is -2.25. The number of aromatic nitrogens is 1. The molecule has 164 valence electrons. The van der Waals surface area contributed by atoms with Crippen LogP contribution in [0.3, 0.4) is 0 Å². The first-order valence-electron chi connectivity index (χ1n) is 9.74. The molecule has 1 atom stereocenters. The Balaban J connectivity index is 1.75. The molecule has 8 nitrogen and oxygen atoms in total. The van der Waals surface area contributed by atoms with Gasteiger partial charge in [-0.05, 0) is 50.0 Å². The lowest BCUT2D eigenvalue weighted by Crippen LogP contribution is -2.34. The van der Waals surface area contributed by atoms with Gasteiger partial charge in [-0.25, -0.2) is 0 Å². The minimum absolute atomic E-state index is 0.0381. The fourth-order valence-electron chi connectivity index (χ4n) is 3.24. The molecule has 0 aliphatic heterocycles. The fraction of sp³-hybridized carbons (Fsp3) is 0.304. The molecule has 8 heteroatoms. The largest absolute Gasteiger partial charge is 0.497 e. The van der Waals surface area contributed by atoms with Crippen LogP contribution in [0.4, 0.5) is 0 Å². The van der Waals surface area contributed by atoms with Crippen molar-refractivity contribution in [3.05, 3.63) is 59.8 Å². The van der Waals surface area contributed by atoms with E-state index < -0.39 is 0 Å². The number of likely N-dealkylation sites (N-methyl/N-ethyl adjacent to an activating group) is 1. The smallest absolute Gasteiger partial charge is 0.273 e. The topological polar surface area (TPSA) is 86.1 Å². The number of carbonyl (C=O) groups is 1. The number of carbonyl (C=O) groups excluding carboxylic acids is 1.